The van der Waals surface area contributed by atoms with Gasteiger partial charge in [0, 0.05) is 0 Å². The summed E-state index contributed by atoms with van der Waals surface area (Å²) in [7, 11) is 0. The molecule has 0 unspecified atom stereocenters. The van der Waals surface area contributed by atoms with Crippen molar-refractivity contribution in [2.75, 3.05) is 6.61 Å². The number of unbranched alkanes of at least 4 members (excludes halogenated alkanes) is 11. The van der Waals surface area contributed by atoms with Crippen LogP contribution in [0.25, 0.3) is 0 Å². The molecule has 4 heteroatoms. The van der Waals surface area contributed by atoms with E-state index in [1.54, 1.807) is 12.1 Å². The Labute approximate surface area is 176 Å². The second-order valence-corrected chi connectivity index (χ2v) is 7.54. The van der Waals surface area contributed by atoms with Crippen molar-refractivity contribution in [3.05, 3.63) is 47.5 Å². The number of esters is 1. The molecule has 1 aromatic carbocycles. The third-order valence-electron chi connectivity index (χ3n) is 5.03. The predicted molar refractivity (Wildman–Crippen MR) is 119 cm³/mol. The molecule has 1 aromatic rings. The molecule has 0 saturated heterocycles. The van der Waals surface area contributed by atoms with E-state index in [4.69, 9.17) is 9.84 Å². The van der Waals surface area contributed by atoms with Gasteiger partial charge in [-0.3, -0.25) is 0 Å². The van der Waals surface area contributed by atoms with Crippen LogP contribution in [0.1, 0.15) is 111 Å². The number of carbonyl (C=O) groups is 2. The van der Waals surface area contributed by atoms with E-state index in [-0.39, 0.29) is 11.1 Å². The van der Waals surface area contributed by atoms with Gasteiger partial charge in [-0.25, -0.2) is 9.59 Å². The first-order valence-electron chi connectivity index (χ1n) is 11.3. The van der Waals surface area contributed by atoms with Crippen LogP contribution < -0.4 is 0 Å². The van der Waals surface area contributed by atoms with Gasteiger partial charge in [-0.05, 0) is 37.8 Å². The number of hydrogen-bond acceptors (Lipinski definition) is 3. The zero-order chi connectivity index (χ0) is 21.2. The zero-order valence-electron chi connectivity index (χ0n) is 18.0. The predicted octanol–water partition coefficient (Wildman–Crippen LogP) is 7.19. The van der Waals surface area contributed by atoms with E-state index in [2.05, 4.69) is 19.1 Å². The molecular weight excluding hydrogens is 364 g/mol. The second kappa shape index (κ2) is 16.8. The fraction of sp³-hybridized carbons (Fsp3) is 0.600. The summed E-state index contributed by atoms with van der Waals surface area (Å²) in [5, 5.41) is 9.12. The molecule has 0 saturated carbocycles. The van der Waals surface area contributed by atoms with Crippen LogP contribution in [0.4, 0.5) is 0 Å². The van der Waals surface area contributed by atoms with E-state index in [0.717, 1.165) is 25.7 Å². The minimum atomic E-state index is -1.11. The van der Waals surface area contributed by atoms with Gasteiger partial charge in [-0.1, -0.05) is 89.0 Å². The Kier molecular flexibility index (Phi) is 14.5. The number of allylic oxidation sites excluding steroid dienone is 2. The molecular formula is C25H38O4. The van der Waals surface area contributed by atoms with Gasteiger partial charge in [-0.15, -0.1) is 0 Å². The Morgan fingerprint density at radius 2 is 1.31 bits per heavy atom. The highest BCUT2D eigenvalue weighted by atomic mass is 16.5. The van der Waals surface area contributed by atoms with Crippen LogP contribution in [0.15, 0.2) is 36.4 Å². The van der Waals surface area contributed by atoms with E-state index in [9.17, 15) is 9.59 Å². The quantitative estimate of drug-likeness (QED) is 0.170. The number of carboxylic acids is 1. The Morgan fingerprint density at radius 1 is 0.793 bits per heavy atom. The van der Waals surface area contributed by atoms with Crippen molar-refractivity contribution in [3.8, 4) is 0 Å². The Bertz CT molecular complexity index is 607. The largest absolute Gasteiger partial charge is 0.478 e. The van der Waals surface area contributed by atoms with E-state index in [1.807, 2.05) is 0 Å². The van der Waals surface area contributed by atoms with Gasteiger partial charge >= 0.3 is 11.9 Å². The lowest BCUT2D eigenvalue weighted by Gasteiger charge is -2.07. The summed E-state index contributed by atoms with van der Waals surface area (Å²) in [5.74, 6) is -1.66. The number of carbonyl (C=O) groups excluding carboxylic acids is 1. The van der Waals surface area contributed by atoms with E-state index < -0.39 is 11.9 Å². The van der Waals surface area contributed by atoms with Crippen LogP contribution in [0.5, 0.6) is 0 Å². The standard InChI is InChI=1S/C25H38O4/c1-2-3-4-5-6-7-8-9-10-11-12-13-14-15-18-21-29-25(28)23-20-17-16-19-22(23)24(26)27/h3-4,16-17,19-20H,2,5-15,18,21H2,1H3,(H,26,27)/b4-3+. The van der Waals surface area contributed by atoms with Crippen molar-refractivity contribution < 1.29 is 19.4 Å². The van der Waals surface area contributed by atoms with Crippen molar-refractivity contribution in [2.24, 2.45) is 0 Å². The fourth-order valence-corrected chi connectivity index (χ4v) is 3.33. The number of ether oxygens (including phenoxy) is 1. The minimum absolute atomic E-state index is 0.00849. The average molecular weight is 403 g/mol. The highest BCUT2D eigenvalue weighted by molar-refractivity contribution is 6.02. The summed E-state index contributed by atoms with van der Waals surface area (Å²) in [6, 6.07) is 6.17. The molecule has 1 N–H and O–H groups in total. The van der Waals surface area contributed by atoms with Gasteiger partial charge in [0.1, 0.15) is 0 Å². The molecule has 1 rings (SSSR count). The summed E-state index contributed by atoms with van der Waals surface area (Å²) < 4.78 is 5.23. The molecule has 0 spiro atoms. The average Bonchev–Trinajstić information content (AvgIpc) is 2.73. The monoisotopic (exact) mass is 402 g/mol. The van der Waals surface area contributed by atoms with Crippen LogP contribution in [0.2, 0.25) is 0 Å². The molecule has 0 aromatic heterocycles. The van der Waals surface area contributed by atoms with Crippen LogP contribution in [-0.2, 0) is 4.74 Å². The topological polar surface area (TPSA) is 63.6 Å². The maximum absolute atomic E-state index is 12.0. The molecule has 0 amide bonds. The lowest BCUT2D eigenvalue weighted by Crippen LogP contribution is -2.12. The molecule has 0 fully saturated rings. The normalized spacial score (nSPS) is 11.1. The zero-order valence-corrected chi connectivity index (χ0v) is 18.0. The van der Waals surface area contributed by atoms with Crippen molar-refractivity contribution in [2.45, 2.75) is 90.4 Å². The van der Waals surface area contributed by atoms with Gasteiger partial charge in [0.25, 0.3) is 0 Å². The fourth-order valence-electron chi connectivity index (χ4n) is 3.33. The third kappa shape index (κ3) is 12.1. The van der Waals surface area contributed by atoms with Gasteiger partial charge in [0.2, 0.25) is 0 Å². The number of carboxylic acid groups (broad SMARTS) is 1. The van der Waals surface area contributed by atoms with Gasteiger partial charge in [0.15, 0.2) is 0 Å². The summed E-state index contributed by atoms with van der Waals surface area (Å²) in [5.41, 5.74) is 0.114. The van der Waals surface area contributed by atoms with Crippen molar-refractivity contribution in [1.82, 2.24) is 0 Å². The summed E-state index contributed by atoms with van der Waals surface area (Å²) in [4.78, 5) is 23.2. The van der Waals surface area contributed by atoms with Crippen molar-refractivity contribution >= 4 is 11.9 Å². The first-order valence-corrected chi connectivity index (χ1v) is 11.3. The maximum atomic E-state index is 12.0. The number of hydrogen-bond donors (Lipinski definition) is 1. The lowest BCUT2D eigenvalue weighted by atomic mass is 10.1. The van der Waals surface area contributed by atoms with Crippen molar-refractivity contribution in [3.63, 3.8) is 0 Å². The molecule has 0 aliphatic heterocycles. The molecule has 0 aliphatic carbocycles. The van der Waals surface area contributed by atoms with Crippen LogP contribution in [0, 0.1) is 0 Å². The highest BCUT2D eigenvalue weighted by Crippen LogP contribution is 2.13. The Morgan fingerprint density at radius 3 is 1.86 bits per heavy atom. The first-order chi connectivity index (χ1) is 14.2. The number of aromatic carboxylic acids is 1. The SMILES string of the molecule is CC/C=C/CCCCCCCCCCCCCOC(=O)c1ccccc1C(=O)O. The first kappa shape index (κ1) is 24.9. The third-order valence-corrected chi connectivity index (χ3v) is 5.03. The molecule has 0 radical (unpaired) electrons. The molecule has 0 heterocycles. The van der Waals surface area contributed by atoms with Crippen LogP contribution in [-0.4, -0.2) is 23.7 Å². The maximum Gasteiger partial charge on any atom is 0.339 e. The minimum Gasteiger partial charge on any atom is -0.478 e. The molecule has 0 bridgehead atoms. The van der Waals surface area contributed by atoms with Crippen molar-refractivity contribution in [1.29, 1.82) is 0 Å². The molecule has 0 aliphatic rings. The Hall–Kier alpha value is -2.10. The summed E-state index contributed by atoms with van der Waals surface area (Å²) in [6.07, 6.45) is 20.5. The molecule has 29 heavy (non-hydrogen) atoms. The van der Waals surface area contributed by atoms with Crippen LogP contribution in [0.3, 0.4) is 0 Å². The molecule has 162 valence electrons. The van der Waals surface area contributed by atoms with Crippen LogP contribution >= 0.6 is 0 Å². The van der Waals surface area contributed by atoms with E-state index >= 15 is 0 Å². The lowest BCUT2D eigenvalue weighted by molar-refractivity contribution is 0.0487. The van der Waals surface area contributed by atoms with Gasteiger partial charge < -0.3 is 9.84 Å². The van der Waals surface area contributed by atoms with E-state index in [1.165, 1.54) is 69.9 Å². The summed E-state index contributed by atoms with van der Waals surface area (Å²) in [6.45, 7) is 2.52. The molecule has 4 nitrogen and oxygen atoms in total. The molecule has 0 atom stereocenters. The Balaban J connectivity index is 1.93. The van der Waals surface area contributed by atoms with E-state index in [0.29, 0.717) is 6.61 Å². The van der Waals surface area contributed by atoms with Gasteiger partial charge in [0.05, 0.1) is 17.7 Å². The summed E-state index contributed by atoms with van der Waals surface area (Å²) >= 11 is 0. The number of benzene rings is 1. The highest BCUT2D eigenvalue weighted by Gasteiger charge is 2.16. The number of rotatable bonds is 17. The second-order valence-electron chi connectivity index (χ2n) is 7.54. The van der Waals surface area contributed by atoms with Gasteiger partial charge in [-0.2, -0.15) is 0 Å². The smallest absolute Gasteiger partial charge is 0.339 e.